The molecule has 1 atom stereocenters. The average molecular weight is 589 g/mol. The van der Waals surface area contributed by atoms with Gasteiger partial charge in [0.2, 0.25) is 0 Å². The summed E-state index contributed by atoms with van der Waals surface area (Å²) in [7, 11) is 3.25. The van der Waals surface area contributed by atoms with Crippen LogP contribution in [0.4, 0.5) is 10.8 Å². The third-order valence-corrected chi connectivity index (χ3v) is 7.35. The SMILES string of the molecule is C=C(C)c1cc(CN2CCC[C@@H]2C)ccc1NC(=O)c1csc(N(CC)CCC)n1.CCC.CCCCC.COC. The Hall–Kier alpha value is -2.22. The van der Waals surface area contributed by atoms with E-state index in [0.29, 0.717) is 11.7 Å². The summed E-state index contributed by atoms with van der Waals surface area (Å²) in [5, 5.41) is 5.79. The molecule has 0 radical (unpaired) electrons. The molecule has 1 amide bonds. The zero-order valence-electron chi connectivity index (χ0n) is 27.9. The number of ether oxygens (including phenoxy) is 1. The van der Waals surface area contributed by atoms with Crippen LogP contribution in [0.15, 0.2) is 30.2 Å². The molecule has 3 rings (SSSR count). The summed E-state index contributed by atoms with van der Waals surface area (Å²) in [5.74, 6) is -0.173. The lowest BCUT2D eigenvalue weighted by Gasteiger charge is -2.22. The molecule has 1 fully saturated rings. The van der Waals surface area contributed by atoms with Gasteiger partial charge >= 0.3 is 0 Å². The lowest BCUT2D eigenvalue weighted by Crippen LogP contribution is -2.26. The van der Waals surface area contributed by atoms with Gasteiger partial charge < -0.3 is 15.0 Å². The lowest BCUT2D eigenvalue weighted by atomic mass is 10.0. The quantitative estimate of drug-likeness (QED) is 0.283. The summed E-state index contributed by atoms with van der Waals surface area (Å²) < 4.78 is 4.25. The molecule has 0 saturated carbocycles. The number of benzene rings is 1. The number of hydrogen-bond acceptors (Lipinski definition) is 6. The number of methoxy groups -OCH3 is 1. The highest BCUT2D eigenvalue weighted by Crippen LogP contribution is 2.28. The first-order valence-electron chi connectivity index (χ1n) is 15.6. The summed E-state index contributed by atoms with van der Waals surface area (Å²) in [6, 6.07) is 6.91. The molecule has 1 aromatic heterocycles. The van der Waals surface area contributed by atoms with Crippen molar-refractivity contribution in [2.75, 3.05) is 44.1 Å². The van der Waals surface area contributed by atoms with Crippen LogP contribution in [0.5, 0.6) is 0 Å². The average Bonchev–Trinajstić information content (AvgIpc) is 3.59. The van der Waals surface area contributed by atoms with Crippen LogP contribution in [0.1, 0.15) is 122 Å². The minimum atomic E-state index is -0.173. The fourth-order valence-electron chi connectivity index (χ4n) is 4.33. The van der Waals surface area contributed by atoms with Gasteiger partial charge in [0.05, 0.1) is 0 Å². The van der Waals surface area contributed by atoms with E-state index in [0.717, 1.165) is 54.6 Å². The number of unbranched alkanes of at least 4 members (excludes halogenated alkanes) is 2. The number of nitrogens with one attached hydrogen (secondary N) is 1. The number of hydrogen-bond donors (Lipinski definition) is 1. The second-order valence-corrected chi connectivity index (χ2v) is 11.5. The molecule has 234 valence electrons. The molecular weight excluding hydrogens is 528 g/mol. The Morgan fingerprint density at radius 3 is 2.24 bits per heavy atom. The van der Waals surface area contributed by atoms with Gasteiger partial charge in [0.15, 0.2) is 5.13 Å². The standard InChI is InChI=1S/C24H34N4OS.C5H12.C3H8.C2H6O/c1-6-12-27(7-2)24-26-22(16-30-24)23(29)25-21-11-10-19(14-20(21)17(3)4)15-28-13-8-9-18(28)5;1-3-5-4-2;2*1-3-2/h10-11,14,16,18H,3,6-9,12-13,15H2,1-2,4-5H3,(H,25,29);3-5H2,1-2H3;3H2,1-2H3;1-2H3/t18-;;;/m0.../s1. The summed E-state index contributed by atoms with van der Waals surface area (Å²) >= 11 is 1.52. The zero-order chi connectivity index (χ0) is 31.2. The first-order chi connectivity index (χ1) is 19.7. The van der Waals surface area contributed by atoms with E-state index in [1.807, 2.05) is 18.4 Å². The van der Waals surface area contributed by atoms with Gasteiger partial charge in [-0.1, -0.05) is 72.9 Å². The third kappa shape index (κ3) is 15.0. The van der Waals surface area contributed by atoms with Crippen molar-refractivity contribution < 1.29 is 9.53 Å². The van der Waals surface area contributed by atoms with E-state index in [1.165, 1.54) is 55.4 Å². The molecule has 7 heteroatoms. The van der Waals surface area contributed by atoms with E-state index >= 15 is 0 Å². The van der Waals surface area contributed by atoms with E-state index in [4.69, 9.17) is 0 Å². The number of aromatic nitrogens is 1. The predicted octanol–water partition coefficient (Wildman–Crippen LogP) is 9.52. The first kappa shape index (κ1) is 38.8. The molecule has 0 spiro atoms. The number of allylic oxidation sites excluding steroid dienone is 1. The van der Waals surface area contributed by atoms with Crippen LogP contribution in [0.3, 0.4) is 0 Å². The van der Waals surface area contributed by atoms with Crippen molar-refractivity contribution in [1.82, 2.24) is 9.88 Å². The minimum Gasteiger partial charge on any atom is -0.388 e. The Bertz CT molecular complexity index is 971. The highest BCUT2D eigenvalue weighted by molar-refractivity contribution is 7.14. The van der Waals surface area contributed by atoms with Gasteiger partial charge in [-0.05, 0) is 69.8 Å². The van der Waals surface area contributed by atoms with Gasteiger partial charge in [0.25, 0.3) is 5.91 Å². The summed E-state index contributed by atoms with van der Waals surface area (Å²) in [5.41, 5.74) is 4.45. The Kier molecular flexibility index (Phi) is 22.1. The number of nitrogens with zero attached hydrogens (tertiary/aromatic N) is 3. The monoisotopic (exact) mass is 588 g/mol. The number of carbonyl (C=O) groups excluding carboxylic acids is 1. The molecule has 1 N–H and O–H groups in total. The lowest BCUT2D eigenvalue weighted by molar-refractivity contribution is 0.102. The molecule has 0 unspecified atom stereocenters. The van der Waals surface area contributed by atoms with E-state index < -0.39 is 0 Å². The highest BCUT2D eigenvalue weighted by Gasteiger charge is 2.21. The van der Waals surface area contributed by atoms with Crippen molar-refractivity contribution in [2.45, 2.75) is 113 Å². The smallest absolute Gasteiger partial charge is 0.275 e. The molecule has 1 aromatic carbocycles. The molecule has 2 aromatic rings. The Morgan fingerprint density at radius 2 is 1.78 bits per heavy atom. The summed E-state index contributed by atoms with van der Waals surface area (Å²) in [4.78, 5) is 22.1. The van der Waals surface area contributed by atoms with Crippen molar-refractivity contribution in [3.05, 3.63) is 47.0 Å². The van der Waals surface area contributed by atoms with E-state index in [2.05, 4.69) is 92.0 Å². The Labute approximate surface area is 256 Å². The topological polar surface area (TPSA) is 57.7 Å². The predicted molar refractivity (Wildman–Crippen MR) is 183 cm³/mol. The van der Waals surface area contributed by atoms with Gasteiger partial charge in [-0.25, -0.2) is 4.98 Å². The van der Waals surface area contributed by atoms with Gasteiger partial charge in [0.1, 0.15) is 5.69 Å². The van der Waals surface area contributed by atoms with Gasteiger partial charge in [-0.2, -0.15) is 0 Å². The van der Waals surface area contributed by atoms with Crippen molar-refractivity contribution in [1.29, 1.82) is 0 Å². The van der Waals surface area contributed by atoms with Crippen molar-refractivity contribution in [2.24, 2.45) is 0 Å². The van der Waals surface area contributed by atoms with Crippen LogP contribution >= 0.6 is 11.3 Å². The number of thiazole rings is 1. The van der Waals surface area contributed by atoms with Gasteiger partial charge in [-0.15, -0.1) is 11.3 Å². The van der Waals surface area contributed by atoms with Crippen LogP contribution in [-0.4, -0.2) is 55.7 Å². The molecule has 6 nitrogen and oxygen atoms in total. The maximum absolute atomic E-state index is 12.9. The fourth-order valence-corrected chi connectivity index (χ4v) is 5.22. The van der Waals surface area contributed by atoms with Crippen molar-refractivity contribution in [3.8, 4) is 0 Å². The normalized spacial score (nSPS) is 14.0. The van der Waals surface area contributed by atoms with E-state index in [1.54, 1.807) is 14.2 Å². The maximum atomic E-state index is 12.9. The van der Waals surface area contributed by atoms with Crippen molar-refractivity contribution in [3.63, 3.8) is 0 Å². The second kappa shape index (κ2) is 23.4. The zero-order valence-corrected chi connectivity index (χ0v) is 28.8. The Balaban J connectivity index is 0.00000125. The van der Waals surface area contributed by atoms with Crippen molar-refractivity contribution >= 4 is 33.6 Å². The molecule has 0 bridgehead atoms. The second-order valence-electron chi connectivity index (χ2n) is 10.6. The number of carbonyl (C=O) groups is 1. The van der Waals surface area contributed by atoms with Crippen LogP contribution in [0.25, 0.3) is 5.57 Å². The number of anilines is 2. The minimum absolute atomic E-state index is 0.173. The van der Waals surface area contributed by atoms with Crippen LogP contribution in [-0.2, 0) is 11.3 Å². The van der Waals surface area contributed by atoms with E-state index in [9.17, 15) is 4.79 Å². The van der Waals surface area contributed by atoms with Crippen LogP contribution in [0.2, 0.25) is 0 Å². The molecule has 41 heavy (non-hydrogen) atoms. The van der Waals surface area contributed by atoms with Crippen LogP contribution in [0, 0.1) is 0 Å². The third-order valence-electron chi connectivity index (χ3n) is 6.45. The number of likely N-dealkylation sites (tertiary alicyclic amines) is 1. The summed E-state index contributed by atoms with van der Waals surface area (Å²) in [6.45, 7) is 25.3. The largest absolute Gasteiger partial charge is 0.388 e. The van der Waals surface area contributed by atoms with Gasteiger partial charge in [-0.3, -0.25) is 9.69 Å². The molecular formula is C34H60N4O2S. The molecule has 1 aliphatic rings. The summed E-state index contributed by atoms with van der Waals surface area (Å²) in [6.07, 6.45) is 8.92. The molecule has 1 saturated heterocycles. The maximum Gasteiger partial charge on any atom is 0.275 e. The van der Waals surface area contributed by atoms with Gasteiger partial charge in [0, 0.05) is 56.5 Å². The first-order valence-corrected chi connectivity index (χ1v) is 16.5. The number of rotatable bonds is 11. The molecule has 0 aliphatic carbocycles. The number of amides is 1. The fraction of sp³-hybridized carbons (Fsp3) is 0.647. The van der Waals surface area contributed by atoms with Crippen LogP contribution < -0.4 is 10.2 Å². The Morgan fingerprint density at radius 1 is 1.15 bits per heavy atom. The molecule has 1 aliphatic heterocycles. The molecule has 2 heterocycles. The van der Waals surface area contributed by atoms with E-state index in [-0.39, 0.29) is 5.91 Å². The highest BCUT2D eigenvalue weighted by atomic mass is 32.1.